The van der Waals surface area contributed by atoms with E-state index in [1.165, 1.54) is 17.8 Å². The Morgan fingerprint density at radius 2 is 2.26 bits per heavy atom. The molecule has 1 aliphatic rings. The van der Waals surface area contributed by atoms with Crippen LogP contribution >= 0.6 is 11.3 Å². The van der Waals surface area contributed by atoms with Crippen LogP contribution in [0.1, 0.15) is 43.3 Å². The number of anilines is 2. The Labute approximate surface area is 118 Å². The highest BCUT2D eigenvalue weighted by Crippen LogP contribution is 2.51. The fourth-order valence-electron chi connectivity index (χ4n) is 2.02. The number of nitrogen functional groups attached to an aromatic ring is 1. The van der Waals surface area contributed by atoms with Crippen molar-refractivity contribution >= 4 is 28.2 Å². The van der Waals surface area contributed by atoms with Crippen LogP contribution < -0.4 is 16.4 Å². The van der Waals surface area contributed by atoms with Crippen LogP contribution in [0.5, 0.6) is 0 Å². The van der Waals surface area contributed by atoms with Crippen LogP contribution in [0.2, 0.25) is 0 Å². The van der Waals surface area contributed by atoms with E-state index in [1.54, 1.807) is 0 Å². The molecular formula is C13H22N4OS. The van der Waals surface area contributed by atoms with E-state index in [2.05, 4.69) is 36.4 Å². The summed E-state index contributed by atoms with van der Waals surface area (Å²) in [5.74, 6) is 0.793. The van der Waals surface area contributed by atoms with Gasteiger partial charge in [0, 0.05) is 13.1 Å². The molecule has 0 radical (unpaired) electrons. The van der Waals surface area contributed by atoms with Crippen LogP contribution in [0.3, 0.4) is 0 Å². The maximum Gasteiger partial charge on any atom is 0.265 e. The maximum absolute atomic E-state index is 12.0. The van der Waals surface area contributed by atoms with Gasteiger partial charge in [0.2, 0.25) is 0 Å². The van der Waals surface area contributed by atoms with E-state index in [-0.39, 0.29) is 5.91 Å². The number of nitrogens with one attached hydrogen (secondary N) is 2. The summed E-state index contributed by atoms with van der Waals surface area (Å²) in [7, 11) is 0. The molecule has 1 atom stereocenters. The molecule has 4 N–H and O–H groups in total. The molecule has 6 heteroatoms. The lowest BCUT2D eigenvalue weighted by Crippen LogP contribution is -2.26. The maximum atomic E-state index is 12.0. The molecule has 1 heterocycles. The predicted octanol–water partition coefficient (Wildman–Crippen LogP) is 2.32. The van der Waals surface area contributed by atoms with Crippen molar-refractivity contribution in [1.82, 2.24) is 10.3 Å². The molecule has 0 aromatic carbocycles. The lowest BCUT2D eigenvalue weighted by atomic mass is 10.1. The van der Waals surface area contributed by atoms with E-state index in [9.17, 15) is 4.79 Å². The third kappa shape index (κ3) is 3.37. The molecule has 19 heavy (non-hydrogen) atoms. The van der Waals surface area contributed by atoms with Crippen molar-refractivity contribution in [2.45, 2.75) is 33.6 Å². The standard InChI is InChI=1S/C13H22N4OS/c1-4-5-15-12-17-10(14)9(19-12)11(18)16-7-8-6-13(8,2)3/h8H,4-7,14H2,1-3H3,(H,15,17)(H,16,18). The second kappa shape index (κ2) is 5.36. The van der Waals surface area contributed by atoms with Crippen molar-refractivity contribution in [2.24, 2.45) is 11.3 Å². The van der Waals surface area contributed by atoms with E-state index < -0.39 is 0 Å². The third-order valence-corrected chi connectivity index (χ3v) is 4.64. The van der Waals surface area contributed by atoms with E-state index in [0.717, 1.165) is 24.6 Å². The molecule has 1 aliphatic carbocycles. The zero-order chi connectivity index (χ0) is 14.0. The van der Waals surface area contributed by atoms with Crippen LogP contribution in [-0.4, -0.2) is 24.0 Å². The van der Waals surface area contributed by atoms with Gasteiger partial charge < -0.3 is 16.4 Å². The van der Waals surface area contributed by atoms with Gasteiger partial charge in [0.1, 0.15) is 10.7 Å². The SMILES string of the molecule is CCCNc1nc(N)c(C(=O)NCC2CC2(C)C)s1. The van der Waals surface area contributed by atoms with Gasteiger partial charge in [-0.15, -0.1) is 0 Å². The molecule has 1 unspecified atom stereocenters. The van der Waals surface area contributed by atoms with Crippen LogP contribution in [0, 0.1) is 11.3 Å². The second-order valence-corrected chi connectivity index (χ2v) is 6.76. The molecular weight excluding hydrogens is 260 g/mol. The average Bonchev–Trinajstić information content (AvgIpc) is 2.79. The highest BCUT2D eigenvalue weighted by Gasteiger charge is 2.45. The van der Waals surface area contributed by atoms with Gasteiger partial charge in [-0.3, -0.25) is 4.79 Å². The predicted molar refractivity (Wildman–Crippen MR) is 79.5 cm³/mol. The average molecular weight is 282 g/mol. The first-order valence-electron chi connectivity index (χ1n) is 6.72. The highest BCUT2D eigenvalue weighted by atomic mass is 32.1. The summed E-state index contributed by atoms with van der Waals surface area (Å²) in [6, 6.07) is 0. The van der Waals surface area contributed by atoms with Gasteiger partial charge in [-0.25, -0.2) is 4.98 Å². The van der Waals surface area contributed by atoms with Gasteiger partial charge in [0.05, 0.1) is 0 Å². The van der Waals surface area contributed by atoms with Gasteiger partial charge in [0.15, 0.2) is 5.13 Å². The molecule has 0 spiro atoms. The highest BCUT2D eigenvalue weighted by molar-refractivity contribution is 7.18. The van der Waals surface area contributed by atoms with Crippen LogP contribution in [-0.2, 0) is 0 Å². The first-order valence-corrected chi connectivity index (χ1v) is 7.54. The molecule has 0 bridgehead atoms. The van der Waals surface area contributed by atoms with E-state index in [0.29, 0.717) is 22.0 Å². The first kappa shape index (κ1) is 14.1. The number of carbonyl (C=O) groups excluding carboxylic acids is 1. The molecule has 0 saturated heterocycles. The van der Waals surface area contributed by atoms with Gasteiger partial charge in [-0.1, -0.05) is 32.1 Å². The number of carbonyl (C=O) groups is 1. The molecule has 5 nitrogen and oxygen atoms in total. The second-order valence-electron chi connectivity index (χ2n) is 5.76. The lowest BCUT2D eigenvalue weighted by Gasteiger charge is -2.05. The van der Waals surface area contributed by atoms with Crippen molar-refractivity contribution in [2.75, 3.05) is 24.1 Å². The van der Waals surface area contributed by atoms with E-state index in [1.807, 2.05) is 0 Å². The van der Waals surface area contributed by atoms with Crippen molar-refractivity contribution in [3.8, 4) is 0 Å². The van der Waals surface area contributed by atoms with Crippen molar-refractivity contribution in [3.63, 3.8) is 0 Å². The van der Waals surface area contributed by atoms with Gasteiger partial charge in [0.25, 0.3) is 5.91 Å². The minimum atomic E-state index is -0.109. The summed E-state index contributed by atoms with van der Waals surface area (Å²) in [6.07, 6.45) is 2.19. The lowest BCUT2D eigenvalue weighted by molar-refractivity contribution is 0.0955. The van der Waals surface area contributed by atoms with Crippen LogP contribution in [0.4, 0.5) is 10.9 Å². The largest absolute Gasteiger partial charge is 0.382 e. The Morgan fingerprint density at radius 1 is 1.58 bits per heavy atom. The molecule has 0 aliphatic heterocycles. The molecule has 106 valence electrons. The Balaban J connectivity index is 1.89. The molecule has 2 rings (SSSR count). The topological polar surface area (TPSA) is 80.0 Å². The fourth-order valence-corrected chi connectivity index (χ4v) is 2.85. The van der Waals surface area contributed by atoms with Crippen molar-refractivity contribution in [1.29, 1.82) is 0 Å². The van der Waals surface area contributed by atoms with Crippen molar-refractivity contribution in [3.05, 3.63) is 4.88 Å². The van der Waals surface area contributed by atoms with Crippen LogP contribution in [0.25, 0.3) is 0 Å². The minimum Gasteiger partial charge on any atom is -0.382 e. The number of thiazole rings is 1. The smallest absolute Gasteiger partial charge is 0.265 e. The summed E-state index contributed by atoms with van der Waals surface area (Å²) in [4.78, 5) is 16.7. The molecule has 1 amide bonds. The summed E-state index contributed by atoms with van der Waals surface area (Å²) in [6.45, 7) is 8.08. The van der Waals surface area contributed by atoms with Crippen molar-refractivity contribution < 1.29 is 4.79 Å². The Kier molecular flexibility index (Phi) is 3.99. The van der Waals surface area contributed by atoms with E-state index in [4.69, 9.17) is 5.73 Å². The number of hydrogen-bond acceptors (Lipinski definition) is 5. The number of aromatic nitrogens is 1. The molecule has 1 aromatic rings. The summed E-state index contributed by atoms with van der Waals surface area (Å²) in [5, 5.41) is 6.82. The minimum absolute atomic E-state index is 0.109. The Morgan fingerprint density at radius 3 is 2.84 bits per heavy atom. The monoisotopic (exact) mass is 282 g/mol. The van der Waals surface area contributed by atoms with Gasteiger partial charge >= 0.3 is 0 Å². The quantitative estimate of drug-likeness (QED) is 0.748. The Hall–Kier alpha value is -1.30. The number of rotatable bonds is 6. The normalized spacial score (nSPS) is 20.1. The third-order valence-electron chi connectivity index (χ3n) is 3.61. The van der Waals surface area contributed by atoms with Gasteiger partial charge in [-0.2, -0.15) is 0 Å². The molecule has 1 saturated carbocycles. The summed E-state index contributed by atoms with van der Waals surface area (Å²) < 4.78 is 0. The molecule has 1 fully saturated rings. The number of hydrogen-bond donors (Lipinski definition) is 3. The zero-order valence-corrected chi connectivity index (χ0v) is 12.6. The Bertz CT molecular complexity index is 469. The number of nitrogens with zero attached hydrogens (tertiary/aromatic N) is 1. The van der Waals surface area contributed by atoms with Crippen LogP contribution in [0.15, 0.2) is 0 Å². The number of nitrogens with two attached hydrogens (primary N) is 1. The summed E-state index contributed by atoms with van der Waals surface area (Å²) >= 11 is 1.32. The van der Waals surface area contributed by atoms with Gasteiger partial charge in [-0.05, 0) is 24.2 Å². The molecule has 1 aromatic heterocycles. The number of amides is 1. The fraction of sp³-hybridized carbons (Fsp3) is 0.692. The zero-order valence-electron chi connectivity index (χ0n) is 11.7. The van der Waals surface area contributed by atoms with E-state index >= 15 is 0 Å². The summed E-state index contributed by atoms with van der Waals surface area (Å²) in [5.41, 5.74) is 6.16. The first-order chi connectivity index (χ1) is 8.94.